The van der Waals surface area contributed by atoms with Crippen molar-refractivity contribution >= 4 is 11.6 Å². The molecule has 0 saturated heterocycles. The molecule has 1 amide bonds. The molecule has 0 fully saturated rings. The van der Waals surface area contributed by atoms with Crippen molar-refractivity contribution in [3.63, 3.8) is 0 Å². The largest absolute Gasteiger partial charge is 0.484 e. The number of rotatable bonds is 5. The molecule has 1 aromatic rings. The number of nitrogens with zero attached hydrogens (tertiary/aromatic N) is 1. The van der Waals surface area contributed by atoms with Gasteiger partial charge in [-0.25, -0.2) is 5.43 Å². The normalized spacial score (nSPS) is 12.2. The van der Waals surface area contributed by atoms with Gasteiger partial charge in [-0.2, -0.15) is 5.10 Å². The molecule has 0 unspecified atom stereocenters. The second kappa shape index (κ2) is 7.08. The maximum absolute atomic E-state index is 11.5. The molecule has 0 atom stereocenters. The fraction of sp³-hybridized carbons (Fsp3) is 0.500. The molecule has 0 heterocycles. The topological polar surface area (TPSA) is 50.7 Å². The number of hydrazone groups is 1. The number of benzene rings is 1. The fourth-order valence-electron chi connectivity index (χ4n) is 1.47. The summed E-state index contributed by atoms with van der Waals surface area (Å²) >= 11 is 0. The lowest BCUT2D eigenvalue weighted by atomic mass is 9.87. The van der Waals surface area contributed by atoms with Crippen LogP contribution in [-0.4, -0.2) is 18.2 Å². The van der Waals surface area contributed by atoms with Crippen LogP contribution in [0.3, 0.4) is 0 Å². The Balaban J connectivity index is 2.48. The van der Waals surface area contributed by atoms with Crippen LogP contribution in [0.15, 0.2) is 29.4 Å². The first-order chi connectivity index (χ1) is 9.32. The quantitative estimate of drug-likeness (QED) is 0.663. The number of nitrogens with one attached hydrogen (secondary N) is 1. The van der Waals surface area contributed by atoms with E-state index in [0.717, 1.165) is 12.1 Å². The molecule has 0 saturated carbocycles. The van der Waals surface area contributed by atoms with Crippen molar-refractivity contribution in [3.8, 4) is 5.75 Å². The smallest absolute Gasteiger partial charge is 0.277 e. The Morgan fingerprint density at radius 3 is 2.35 bits per heavy atom. The van der Waals surface area contributed by atoms with Gasteiger partial charge in [-0.15, -0.1) is 0 Å². The SMILES string of the molecule is CC/C(C)=N\NC(=O)COc1ccc(C(C)(C)C)cc1. The molecule has 0 radical (unpaired) electrons. The van der Waals surface area contributed by atoms with Crippen LogP contribution >= 0.6 is 0 Å². The lowest BCUT2D eigenvalue weighted by Gasteiger charge is -2.19. The molecular formula is C16H24N2O2. The van der Waals surface area contributed by atoms with Crippen molar-refractivity contribution in [2.75, 3.05) is 6.61 Å². The minimum atomic E-state index is -0.252. The number of ether oxygens (including phenoxy) is 1. The summed E-state index contributed by atoms with van der Waals surface area (Å²) in [7, 11) is 0. The van der Waals surface area contributed by atoms with Gasteiger partial charge >= 0.3 is 0 Å². The maximum atomic E-state index is 11.5. The summed E-state index contributed by atoms with van der Waals surface area (Å²) in [5.74, 6) is 0.432. The number of hydrogen-bond donors (Lipinski definition) is 1. The lowest BCUT2D eigenvalue weighted by molar-refractivity contribution is -0.123. The van der Waals surface area contributed by atoms with E-state index in [0.29, 0.717) is 5.75 Å². The molecule has 0 aliphatic carbocycles. The minimum absolute atomic E-state index is 0.0324. The predicted molar refractivity (Wildman–Crippen MR) is 82.2 cm³/mol. The number of carbonyl (C=O) groups excluding carboxylic acids is 1. The maximum Gasteiger partial charge on any atom is 0.277 e. The highest BCUT2D eigenvalue weighted by molar-refractivity contribution is 5.84. The van der Waals surface area contributed by atoms with Gasteiger partial charge in [-0.1, -0.05) is 39.8 Å². The van der Waals surface area contributed by atoms with E-state index in [1.807, 2.05) is 38.1 Å². The molecular weight excluding hydrogens is 252 g/mol. The first-order valence-corrected chi connectivity index (χ1v) is 6.88. The number of hydrogen-bond acceptors (Lipinski definition) is 3. The van der Waals surface area contributed by atoms with Crippen LogP contribution in [0, 0.1) is 0 Å². The molecule has 20 heavy (non-hydrogen) atoms. The summed E-state index contributed by atoms with van der Waals surface area (Å²) in [6.07, 6.45) is 0.815. The van der Waals surface area contributed by atoms with Crippen LogP contribution in [0.1, 0.15) is 46.6 Å². The second-order valence-electron chi connectivity index (χ2n) is 5.80. The summed E-state index contributed by atoms with van der Waals surface area (Å²) in [5, 5.41) is 3.94. The summed E-state index contributed by atoms with van der Waals surface area (Å²) in [6.45, 7) is 10.3. The number of carbonyl (C=O) groups is 1. The van der Waals surface area contributed by atoms with E-state index < -0.39 is 0 Å². The Hall–Kier alpha value is -1.84. The number of amides is 1. The summed E-state index contributed by atoms with van der Waals surface area (Å²) in [5.41, 5.74) is 4.69. The summed E-state index contributed by atoms with van der Waals surface area (Å²) < 4.78 is 5.42. The Kier molecular flexibility index (Phi) is 5.74. The lowest BCUT2D eigenvalue weighted by Crippen LogP contribution is -2.25. The van der Waals surface area contributed by atoms with Crippen molar-refractivity contribution in [2.45, 2.75) is 46.5 Å². The highest BCUT2D eigenvalue weighted by Crippen LogP contribution is 2.24. The van der Waals surface area contributed by atoms with E-state index in [-0.39, 0.29) is 17.9 Å². The Bertz CT molecular complexity index is 470. The van der Waals surface area contributed by atoms with Gasteiger partial charge in [0.05, 0.1) is 0 Å². The van der Waals surface area contributed by atoms with Crippen molar-refractivity contribution < 1.29 is 9.53 Å². The van der Waals surface area contributed by atoms with Gasteiger partial charge in [-0.3, -0.25) is 4.79 Å². The molecule has 0 spiro atoms. The van der Waals surface area contributed by atoms with Crippen LogP contribution in [0.4, 0.5) is 0 Å². The van der Waals surface area contributed by atoms with E-state index in [4.69, 9.17) is 4.74 Å². The van der Waals surface area contributed by atoms with Gasteiger partial charge in [0.25, 0.3) is 5.91 Å². The van der Waals surface area contributed by atoms with Gasteiger partial charge < -0.3 is 4.74 Å². The van der Waals surface area contributed by atoms with E-state index >= 15 is 0 Å². The van der Waals surface area contributed by atoms with E-state index in [1.54, 1.807) is 0 Å². The molecule has 110 valence electrons. The van der Waals surface area contributed by atoms with Crippen molar-refractivity contribution in [2.24, 2.45) is 5.10 Å². The van der Waals surface area contributed by atoms with E-state index in [1.165, 1.54) is 5.56 Å². The van der Waals surface area contributed by atoms with Crippen LogP contribution in [0.5, 0.6) is 5.75 Å². The van der Waals surface area contributed by atoms with Crippen molar-refractivity contribution in [1.82, 2.24) is 5.43 Å². The molecule has 0 aliphatic heterocycles. The van der Waals surface area contributed by atoms with Gasteiger partial charge in [0, 0.05) is 5.71 Å². The molecule has 0 bridgehead atoms. The van der Waals surface area contributed by atoms with Gasteiger partial charge in [0.2, 0.25) is 0 Å². The highest BCUT2D eigenvalue weighted by Gasteiger charge is 2.13. The fourth-order valence-corrected chi connectivity index (χ4v) is 1.47. The average Bonchev–Trinajstić information content (AvgIpc) is 2.41. The Morgan fingerprint density at radius 2 is 1.85 bits per heavy atom. The minimum Gasteiger partial charge on any atom is -0.484 e. The molecule has 1 rings (SSSR count). The van der Waals surface area contributed by atoms with Crippen molar-refractivity contribution in [1.29, 1.82) is 0 Å². The predicted octanol–water partition coefficient (Wildman–Crippen LogP) is 3.27. The van der Waals surface area contributed by atoms with Gasteiger partial charge in [-0.05, 0) is 36.5 Å². The second-order valence-corrected chi connectivity index (χ2v) is 5.80. The zero-order valence-electron chi connectivity index (χ0n) is 13.0. The molecule has 4 nitrogen and oxygen atoms in total. The standard InChI is InChI=1S/C16H24N2O2/c1-6-12(2)17-18-15(19)11-20-14-9-7-13(8-10-14)16(3,4)5/h7-10H,6,11H2,1-5H3,(H,18,19)/b17-12-. The third kappa shape index (κ3) is 5.43. The molecule has 1 N–H and O–H groups in total. The molecule has 0 aliphatic rings. The third-order valence-electron chi connectivity index (χ3n) is 2.97. The average molecular weight is 276 g/mol. The molecule has 4 heteroatoms. The molecule has 1 aromatic carbocycles. The Morgan fingerprint density at radius 1 is 1.25 bits per heavy atom. The van der Waals surface area contributed by atoms with E-state index in [2.05, 4.69) is 31.3 Å². The summed E-state index contributed by atoms with van der Waals surface area (Å²) in [6, 6.07) is 7.81. The van der Waals surface area contributed by atoms with Gasteiger partial charge in [0.1, 0.15) is 5.75 Å². The third-order valence-corrected chi connectivity index (χ3v) is 2.97. The zero-order chi connectivity index (χ0) is 15.2. The highest BCUT2D eigenvalue weighted by atomic mass is 16.5. The molecule has 0 aromatic heterocycles. The Labute approximate surface area is 121 Å². The first kappa shape index (κ1) is 16.2. The zero-order valence-corrected chi connectivity index (χ0v) is 13.0. The first-order valence-electron chi connectivity index (χ1n) is 6.88. The monoisotopic (exact) mass is 276 g/mol. The van der Waals surface area contributed by atoms with Crippen LogP contribution in [0.2, 0.25) is 0 Å². The van der Waals surface area contributed by atoms with Crippen LogP contribution < -0.4 is 10.2 Å². The van der Waals surface area contributed by atoms with Crippen molar-refractivity contribution in [3.05, 3.63) is 29.8 Å². The summed E-state index contributed by atoms with van der Waals surface area (Å²) in [4.78, 5) is 11.5. The van der Waals surface area contributed by atoms with Crippen LogP contribution in [-0.2, 0) is 10.2 Å². The van der Waals surface area contributed by atoms with Crippen LogP contribution in [0.25, 0.3) is 0 Å². The van der Waals surface area contributed by atoms with Gasteiger partial charge in [0.15, 0.2) is 6.61 Å². The van der Waals surface area contributed by atoms with E-state index in [9.17, 15) is 4.79 Å².